The van der Waals surface area contributed by atoms with Crippen molar-refractivity contribution in [2.75, 3.05) is 6.61 Å². The van der Waals surface area contributed by atoms with E-state index in [4.69, 9.17) is 15.3 Å². The lowest BCUT2D eigenvalue weighted by Crippen LogP contribution is -2.60. The molecule has 1 aromatic carbocycles. The monoisotopic (exact) mass is 339 g/mol. The minimum absolute atomic E-state index is 0.0469. The fraction of sp³-hybridized carbons (Fsp3) is 0.438. The number of ether oxygens (including phenoxy) is 2. The van der Waals surface area contributed by atoms with Crippen LogP contribution < -0.4 is 10.4 Å². The predicted octanol–water partition coefficient (Wildman–Crippen LogP) is -0.720. The Bertz CT molecular complexity index is 833. The van der Waals surface area contributed by atoms with Crippen LogP contribution in [-0.2, 0) is 4.74 Å². The summed E-state index contributed by atoms with van der Waals surface area (Å²) in [7, 11) is 0. The van der Waals surface area contributed by atoms with Crippen molar-refractivity contribution in [3.05, 3.63) is 40.2 Å². The van der Waals surface area contributed by atoms with Gasteiger partial charge in [0.2, 0.25) is 6.29 Å². The molecular formula is C16H18O8. The first-order valence-electron chi connectivity index (χ1n) is 7.84. The highest BCUT2D eigenvalue weighted by Gasteiger charge is 2.44. The topological polar surface area (TPSA) is 130 Å². The Kier molecular flexibility index (Phi) is 4.21. The first kappa shape index (κ1) is 15.6. The molecule has 1 aliphatic heterocycles. The standard InChI is InChI=1S/C16H18O8/c1-7-4-8-2-3-9(5-10(8)23-15(7)21)22-16-14(20)13(19)12(18)11(6-17)24-16/h2-5,11-14,16-20H,6H2,1H3/t11-,12-,13+,14-,16?/m1/s1/i4D. The van der Waals surface area contributed by atoms with Gasteiger partial charge in [-0.25, -0.2) is 4.79 Å². The molecule has 4 N–H and O–H groups in total. The number of hydrogen-bond donors (Lipinski definition) is 4. The Balaban J connectivity index is 1.90. The van der Waals surface area contributed by atoms with E-state index in [9.17, 15) is 25.2 Å². The van der Waals surface area contributed by atoms with Crippen molar-refractivity contribution in [3.8, 4) is 5.75 Å². The Morgan fingerprint density at radius 1 is 1.25 bits per heavy atom. The lowest BCUT2D eigenvalue weighted by Gasteiger charge is -2.39. The number of aliphatic hydroxyl groups excluding tert-OH is 4. The molecular weight excluding hydrogens is 320 g/mol. The van der Waals surface area contributed by atoms with Crippen LogP contribution in [-0.4, -0.2) is 57.7 Å². The molecule has 2 heterocycles. The van der Waals surface area contributed by atoms with E-state index in [1.165, 1.54) is 25.1 Å². The summed E-state index contributed by atoms with van der Waals surface area (Å²) in [5, 5.41) is 39.1. The van der Waals surface area contributed by atoms with Crippen molar-refractivity contribution < 1.29 is 35.7 Å². The Labute approximate surface area is 137 Å². The van der Waals surface area contributed by atoms with Crippen molar-refractivity contribution in [1.82, 2.24) is 0 Å². The summed E-state index contributed by atoms with van der Waals surface area (Å²) >= 11 is 0. The van der Waals surface area contributed by atoms with Crippen LogP contribution >= 0.6 is 0 Å². The minimum atomic E-state index is -1.56. The smallest absolute Gasteiger partial charge is 0.339 e. The molecule has 0 aliphatic carbocycles. The van der Waals surface area contributed by atoms with E-state index < -0.39 is 42.9 Å². The van der Waals surface area contributed by atoms with Crippen LogP contribution in [0.15, 0.2) is 33.5 Å². The predicted molar refractivity (Wildman–Crippen MR) is 81.6 cm³/mol. The van der Waals surface area contributed by atoms with Gasteiger partial charge in [-0.2, -0.15) is 0 Å². The van der Waals surface area contributed by atoms with Crippen molar-refractivity contribution >= 4 is 11.0 Å². The summed E-state index contributed by atoms with van der Waals surface area (Å²) in [6.07, 6.45) is -7.03. The third-order valence-electron chi connectivity index (χ3n) is 3.88. The Morgan fingerprint density at radius 2 is 2.00 bits per heavy atom. The number of rotatable bonds is 3. The molecule has 0 amide bonds. The summed E-state index contributed by atoms with van der Waals surface area (Å²) in [5.41, 5.74) is -0.319. The van der Waals surface area contributed by atoms with Crippen molar-refractivity contribution in [2.24, 2.45) is 0 Å². The molecule has 0 radical (unpaired) electrons. The molecule has 1 aliphatic rings. The number of fused-ring (bicyclic) bond motifs is 1. The molecule has 1 saturated heterocycles. The fourth-order valence-electron chi connectivity index (χ4n) is 2.49. The highest BCUT2D eigenvalue weighted by atomic mass is 16.7. The highest BCUT2D eigenvalue weighted by Crippen LogP contribution is 2.26. The molecule has 130 valence electrons. The minimum Gasteiger partial charge on any atom is -0.462 e. The zero-order valence-electron chi connectivity index (χ0n) is 13.7. The van der Waals surface area contributed by atoms with Gasteiger partial charge >= 0.3 is 5.63 Å². The van der Waals surface area contributed by atoms with E-state index >= 15 is 0 Å². The van der Waals surface area contributed by atoms with Crippen molar-refractivity contribution in [2.45, 2.75) is 37.6 Å². The van der Waals surface area contributed by atoms with E-state index in [-0.39, 0.29) is 22.9 Å². The number of aliphatic hydroxyl groups is 4. The molecule has 0 spiro atoms. The summed E-state index contributed by atoms with van der Waals surface area (Å²) in [4.78, 5) is 11.7. The van der Waals surface area contributed by atoms with E-state index in [0.717, 1.165) is 0 Å². The molecule has 8 nitrogen and oxygen atoms in total. The first-order valence-corrected chi connectivity index (χ1v) is 7.34. The SMILES string of the molecule is [2H]c1c(C)c(=O)oc2cc(OC3O[C@H](CO)[C@@H](O)[C@H](O)[C@H]3O)ccc12. The maximum absolute atomic E-state index is 11.7. The maximum Gasteiger partial charge on any atom is 0.339 e. The summed E-state index contributed by atoms with van der Waals surface area (Å²) in [6.45, 7) is 0.921. The molecule has 2 aromatic rings. The van der Waals surface area contributed by atoms with E-state index in [1.807, 2.05) is 0 Å². The molecule has 0 saturated carbocycles. The van der Waals surface area contributed by atoms with E-state index in [2.05, 4.69) is 0 Å². The van der Waals surface area contributed by atoms with Crippen LogP contribution in [0.3, 0.4) is 0 Å². The second kappa shape index (κ2) is 6.50. The van der Waals surface area contributed by atoms with Gasteiger partial charge in [0.05, 0.1) is 7.98 Å². The highest BCUT2D eigenvalue weighted by molar-refractivity contribution is 5.78. The fourth-order valence-corrected chi connectivity index (χ4v) is 2.49. The van der Waals surface area contributed by atoms with Crippen LogP contribution in [0.2, 0.25) is 0 Å². The van der Waals surface area contributed by atoms with Gasteiger partial charge < -0.3 is 34.3 Å². The van der Waals surface area contributed by atoms with Crippen molar-refractivity contribution in [1.29, 1.82) is 0 Å². The van der Waals surface area contributed by atoms with Crippen LogP contribution in [0.25, 0.3) is 11.0 Å². The molecule has 24 heavy (non-hydrogen) atoms. The quantitative estimate of drug-likeness (QED) is 0.539. The second-order valence-electron chi connectivity index (χ2n) is 5.61. The summed E-state index contributed by atoms with van der Waals surface area (Å²) in [6, 6.07) is 4.41. The largest absolute Gasteiger partial charge is 0.462 e. The molecule has 3 rings (SSSR count). The van der Waals surface area contributed by atoms with E-state index in [0.29, 0.717) is 5.39 Å². The Morgan fingerprint density at radius 3 is 2.71 bits per heavy atom. The zero-order chi connectivity index (χ0) is 18.3. The van der Waals surface area contributed by atoms with Gasteiger partial charge in [-0.05, 0) is 25.1 Å². The average Bonchev–Trinajstić information content (AvgIpc) is 2.60. The van der Waals surface area contributed by atoms with Crippen LogP contribution in [0.5, 0.6) is 5.75 Å². The van der Waals surface area contributed by atoms with E-state index in [1.54, 1.807) is 0 Å². The van der Waals surface area contributed by atoms with Gasteiger partial charge in [-0.15, -0.1) is 0 Å². The molecule has 1 aromatic heterocycles. The second-order valence-corrected chi connectivity index (χ2v) is 5.61. The van der Waals surface area contributed by atoms with Gasteiger partial charge in [-0.3, -0.25) is 0 Å². The molecule has 5 atom stereocenters. The third-order valence-corrected chi connectivity index (χ3v) is 3.88. The molecule has 8 heteroatoms. The Hall–Kier alpha value is -1.97. The summed E-state index contributed by atoms with van der Waals surface area (Å²) < 4.78 is 23.8. The lowest BCUT2D eigenvalue weighted by atomic mass is 9.99. The molecule has 1 unspecified atom stereocenters. The summed E-state index contributed by atoms with van der Waals surface area (Å²) in [5.74, 6) is 0.156. The average molecular weight is 339 g/mol. The van der Waals surface area contributed by atoms with Gasteiger partial charge in [0.25, 0.3) is 0 Å². The van der Waals surface area contributed by atoms with Crippen LogP contribution in [0, 0.1) is 6.92 Å². The first-order chi connectivity index (χ1) is 11.8. The number of benzene rings is 1. The van der Waals surface area contributed by atoms with Gasteiger partial charge in [0.1, 0.15) is 35.7 Å². The van der Waals surface area contributed by atoms with Gasteiger partial charge in [-0.1, -0.05) is 0 Å². The van der Waals surface area contributed by atoms with Gasteiger partial charge in [0, 0.05) is 17.0 Å². The van der Waals surface area contributed by atoms with Gasteiger partial charge in [0.15, 0.2) is 0 Å². The molecule has 1 fully saturated rings. The normalized spacial score (nSPS) is 31.0. The maximum atomic E-state index is 11.7. The zero-order valence-corrected chi connectivity index (χ0v) is 12.7. The van der Waals surface area contributed by atoms with Crippen molar-refractivity contribution in [3.63, 3.8) is 0 Å². The van der Waals surface area contributed by atoms with Crippen LogP contribution in [0.4, 0.5) is 0 Å². The third kappa shape index (κ3) is 3.02. The lowest BCUT2D eigenvalue weighted by molar-refractivity contribution is -0.277. The molecule has 0 bridgehead atoms. The number of hydrogen-bond acceptors (Lipinski definition) is 8. The van der Waals surface area contributed by atoms with Crippen LogP contribution in [0.1, 0.15) is 6.93 Å².